The lowest BCUT2D eigenvalue weighted by molar-refractivity contribution is -0.116. The molecule has 1 aromatic rings. The maximum atomic E-state index is 11.5. The minimum Gasteiger partial charge on any atom is -0.497 e. The Hall–Kier alpha value is -0.740. The van der Waals surface area contributed by atoms with Crippen LogP contribution >= 0.6 is 27.5 Å². The fourth-order valence-corrected chi connectivity index (χ4v) is 1.65. The van der Waals surface area contributed by atoms with Crippen LogP contribution < -0.4 is 10.1 Å². The number of halogens is 2. The molecule has 0 unspecified atom stereocenters. The summed E-state index contributed by atoms with van der Waals surface area (Å²) in [5.41, 5.74) is 0.707. The summed E-state index contributed by atoms with van der Waals surface area (Å²) >= 11 is 8.88. The van der Waals surface area contributed by atoms with E-state index in [0.717, 1.165) is 4.47 Å². The number of ether oxygens (including phenoxy) is 1. The standard InChI is InChI=1S/C11H13BrClNO2/c1-16-8-4-5-9(12)10(7-8)14-11(15)3-2-6-13/h4-5,7H,2-3,6H2,1H3,(H,14,15). The summed E-state index contributed by atoms with van der Waals surface area (Å²) in [4.78, 5) is 11.5. The number of carbonyl (C=O) groups excluding carboxylic acids is 1. The number of alkyl halides is 1. The highest BCUT2D eigenvalue weighted by Gasteiger charge is 2.06. The second-order valence-corrected chi connectivity index (χ2v) is 4.42. The summed E-state index contributed by atoms with van der Waals surface area (Å²) in [5.74, 6) is 1.15. The van der Waals surface area contributed by atoms with Gasteiger partial charge in [0.15, 0.2) is 0 Å². The highest BCUT2D eigenvalue weighted by atomic mass is 79.9. The molecule has 88 valence electrons. The summed E-state index contributed by atoms with van der Waals surface area (Å²) in [7, 11) is 1.59. The number of methoxy groups -OCH3 is 1. The third-order valence-electron chi connectivity index (χ3n) is 1.99. The van der Waals surface area contributed by atoms with Gasteiger partial charge in [-0.05, 0) is 34.5 Å². The van der Waals surface area contributed by atoms with Crippen molar-refractivity contribution in [1.82, 2.24) is 0 Å². The van der Waals surface area contributed by atoms with E-state index in [0.29, 0.717) is 30.2 Å². The van der Waals surface area contributed by atoms with Gasteiger partial charge in [-0.3, -0.25) is 4.79 Å². The Labute approximate surface area is 108 Å². The number of rotatable bonds is 5. The zero-order valence-corrected chi connectivity index (χ0v) is 11.3. The van der Waals surface area contributed by atoms with Gasteiger partial charge in [-0.1, -0.05) is 0 Å². The molecule has 5 heteroatoms. The van der Waals surface area contributed by atoms with Gasteiger partial charge in [-0.25, -0.2) is 0 Å². The van der Waals surface area contributed by atoms with E-state index >= 15 is 0 Å². The van der Waals surface area contributed by atoms with Gasteiger partial charge < -0.3 is 10.1 Å². The van der Waals surface area contributed by atoms with Crippen LogP contribution in [0.3, 0.4) is 0 Å². The van der Waals surface area contributed by atoms with Gasteiger partial charge in [0.05, 0.1) is 12.8 Å². The molecular formula is C11H13BrClNO2. The third-order valence-corrected chi connectivity index (χ3v) is 2.94. The van der Waals surface area contributed by atoms with E-state index in [-0.39, 0.29) is 5.91 Å². The second-order valence-electron chi connectivity index (χ2n) is 3.19. The van der Waals surface area contributed by atoms with Crippen LogP contribution in [-0.4, -0.2) is 18.9 Å². The maximum absolute atomic E-state index is 11.5. The van der Waals surface area contributed by atoms with Gasteiger partial charge in [0.25, 0.3) is 0 Å². The molecule has 3 nitrogen and oxygen atoms in total. The summed E-state index contributed by atoms with van der Waals surface area (Å²) in [6.07, 6.45) is 1.10. The highest BCUT2D eigenvalue weighted by molar-refractivity contribution is 9.10. The lowest BCUT2D eigenvalue weighted by Crippen LogP contribution is -2.11. The molecule has 0 aliphatic heterocycles. The van der Waals surface area contributed by atoms with Crippen LogP contribution in [-0.2, 0) is 4.79 Å². The van der Waals surface area contributed by atoms with Crippen molar-refractivity contribution in [3.63, 3.8) is 0 Å². The van der Waals surface area contributed by atoms with Crippen molar-refractivity contribution < 1.29 is 9.53 Å². The van der Waals surface area contributed by atoms with E-state index in [9.17, 15) is 4.79 Å². The molecule has 0 bridgehead atoms. The zero-order valence-electron chi connectivity index (χ0n) is 8.93. The minimum atomic E-state index is -0.0467. The smallest absolute Gasteiger partial charge is 0.224 e. The summed E-state index contributed by atoms with van der Waals surface area (Å²) in [6, 6.07) is 5.41. The molecule has 1 N–H and O–H groups in total. The summed E-state index contributed by atoms with van der Waals surface area (Å²) in [6.45, 7) is 0. The predicted octanol–water partition coefficient (Wildman–Crippen LogP) is 3.42. The maximum Gasteiger partial charge on any atom is 0.224 e. The molecule has 0 aliphatic rings. The average molecular weight is 307 g/mol. The number of hydrogen-bond acceptors (Lipinski definition) is 2. The topological polar surface area (TPSA) is 38.3 Å². The summed E-state index contributed by atoms with van der Waals surface area (Å²) < 4.78 is 5.91. The summed E-state index contributed by atoms with van der Waals surface area (Å²) in [5, 5.41) is 2.80. The van der Waals surface area contributed by atoms with Crippen LogP contribution in [0.15, 0.2) is 22.7 Å². The zero-order chi connectivity index (χ0) is 12.0. The van der Waals surface area contributed by atoms with Crippen LogP contribution in [0.25, 0.3) is 0 Å². The first-order valence-corrected chi connectivity index (χ1v) is 6.19. The van der Waals surface area contributed by atoms with Crippen LogP contribution in [0.2, 0.25) is 0 Å². The Bertz CT molecular complexity index is 371. The van der Waals surface area contributed by atoms with E-state index in [1.54, 1.807) is 13.2 Å². The molecule has 0 aromatic heterocycles. The fraction of sp³-hybridized carbons (Fsp3) is 0.364. The highest BCUT2D eigenvalue weighted by Crippen LogP contribution is 2.27. The number of benzene rings is 1. The van der Waals surface area contributed by atoms with Crippen molar-refractivity contribution in [3.05, 3.63) is 22.7 Å². The van der Waals surface area contributed by atoms with Crippen molar-refractivity contribution in [1.29, 1.82) is 0 Å². The molecule has 1 rings (SSSR count). The van der Waals surface area contributed by atoms with Crippen molar-refractivity contribution in [2.24, 2.45) is 0 Å². The van der Waals surface area contributed by atoms with Gasteiger partial charge in [0.1, 0.15) is 5.75 Å². The first-order chi connectivity index (χ1) is 7.67. The van der Waals surface area contributed by atoms with Crippen molar-refractivity contribution in [2.45, 2.75) is 12.8 Å². The molecule has 0 saturated heterocycles. The molecule has 0 aliphatic carbocycles. The second kappa shape index (κ2) is 6.76. The van der Waals surface area contributed by atoms with Gasteiger partial charge in [0, 0.05) is 22.8 Å². The van der Waals surface area contributed by atoms with Gasteiger partial charge >= 0.3 is 0 Å². The molecule has 0 atom stereocenters. The SMILES string of the molecule is COc1ccc(Br)c(NC(=O)CCCCl)c1. The lowest BCUT2D eigenvalue weighted by atomic mass is 10.2. The molecule has 1 amide bonds. The Morgan fingerprint density at radius 3 is 2.94 bits per heavy atom. The van der Waals surface area contributed by atoms with E-state index in [1.807, 2.05) is 12.1 Å². The molecule has 0 fully saturated rings. The van der Waals surface area contributed by atoms with E-state index < -0.39 is 0 Å². The third kappa shape index (κ3) is 4.02. The molecule has 1 aromatic carbocycles. The van der Waals surface area contributed by atoms with Gasteiger partial charge in [0.2, 0.25) is 5.91 Å². The van der Waals surface area contributed by atoms with Crippen molar-refractivity contribution in [3.8, 4) is 5.75 Å². The molecule has 0 saturated carbocycles. The Morgan fingerprint density at radius 2 is 2.31 bits per heavy atom. The quantitative estimate of drug-likeness (QED) is 0.847. The molecule has 0 heterocycles. The number of nitrogens with one attached hydrogen (secondary N) is 1. The van der Waals surface area contributed by atoms with E-state index in [4.69, 9.17) is 16.3 Å². The molecule has 0 spiro atoms. The molecule has 16 heavy (non-hydrogen) atoms. The monoisotopic (exact) mass is 305 g/mol. The lowest BCUT2D eigenvalue weighted by Gasteiger charge is -2.08. The predicted molar refractivity (Wildman–Crippen MR) is 69.3 cm³/mol. The largest absolute Gasteiger partial charge is 0.497 e. The van der Waals surface area contributed by atoms with Crippen LogP contribution in [0.5, 0.6) is 5.75 Å². The number of anilines is 1. The van der Waals surface area contributed by atoms with Crippen LogP contribution in [0, 0.1) is 0 Å². The van der Waals surface area contributed by atoms with Gasteiger partial charge in [-0.15, -0.1) is 11.6 Å². The normalized spacial score (nSPS) is 9.94. The van der Waals surface area contributed by atoms with Crippen molar-refractivity contribution in [2.75, 3.05) is 18.3 Å². The first kappa shape index (κ1) is 13.3. The Balaban J connectivity index is 2.68. The van der Waals surface area contributed by atoms with Gasteiger partial charge in [-0.2, -0.15) is 0 Å². The van der Waals surface area contributed by atoms with E-state index in [1.165, 1.54) is 0 Å². The van der Waals surface area contributed by atoms with Crippen molar-refractivity contribution >= 4 is 39.1 Å². The molecular weight excluding hydrogens is 293 g/mol. The average Bonchev–Trinajstić information content (AvgIpc) is 2.29. The Kier molecular flexibility index (Phi) is 5.63. The minimum absolute atomic E-state index is 0.0467. The van der Waals surface area contributed by atoms with Crippen LogP contribution in [0.4, 0.5) is 5.69 Å². The number of carbonyl (C=O) groups is 1. The number of amides is 1. The fourth-order valence-electron chi connectivity index (χ4n) is 1.17. The number of hydrogen-bond donors (Lipinski definition) is 1. The first-order valence-electron chi connectivity index (χ1n) is 4.86. The van der Waals surface area contributed by atoms with Crippen LogP contribution in [0.1, 0.15) is 12.8 Å². The van der Waals surface area contributed by atoms with E-state index in [2.05, 4.69) is 21.2 Å². The molecule has 0 radical (unpaired) electrons. The Morgan fingerprint density at radius 1 is 1.56 bits per heavy atom.